The first-order chi connectivity index (χ1) is 11.5. The highest BCUT2D eigenvalue weighted by Crippen LogP contribution is 2.22. The van der Waals surface area contributed by atoms with Crippen LogP contribution in [0.5, 0.6) is 0 Å². The number of carbonyl (C=O) groups is 1. The van der Waals surface area contributed by atoms with Crippen molar-refractivity contribution in [3.63, 3.8) is 0 Å². The van der Waals surface area contributed by atoms with Gasteiger partial charge in [0.15, 0.2) is 0 Å². The van der Waals surface area contributed by atoms with Gasteiger partial charge in [-0.25, -0.2) is 4.79 Å². The van der Waals surface area contributed by atoms with Crippen LogP contribution in [-0.4, -0.2) is 27.9 Å². The molecule has 2 amide bonds. The predicted octanol–water partition coefficient (Wildman–Crippen LogP) is 3.17. The maximum Gasteiger partial charge on any atom is 0.319 e. The van der Waals surface area contributed by atoms with Gasteiger partial charge in [-0.3, -0.25) is 5.10 Å². The summed E-state index contributed by atoms with van der Waals surface area (Å²) < 4.78 is 0. The lowest BCUT2D eigenvalue weighted by Gasteiger charge is -2.22. The smallest absolute Gasteiger partial charge is 0.319 e. The van der Waals surface area contributed by atoms with Crippen molar-refractivity contribution in [2.24, 2.45) is 0 Å². The molecule has 3 rings (SSSR count). The molecule has 2 aromatic heterocycles. The number of nitrogens with one attached hydrogen (secondary N) is 3. The molecule has 24 heavy (non-hydrogen) atoms. The van der Waals surface area contributed by atoms with E-state index in [1.807, 2.05) is 47.2 Å². The molecule has 0 radical (unpaired) electrons. The largest absolute Gasteiger partial charge is 0.384 e. The van der Waals surface area contributed by atoms with Crippen LogP contribution in [0.15, 0.2) is 53.4 Å². The Kier molecular flexibility index (Phi) is 4.64. The minimum Gasteiger partial charge on any atom is -0.384 e. The average molecular weight is 342 g/mol. The van der Waals surface area contributed by atoms with E-state index in [0.717, 1.165) is 16.8 Å². The summed E-state index contributed by atoms with van der Waals surface area (Å²) in [6.07, 6.45) is 1.69. The number of hydrogen-bond donors (Lipinski definition) is 4. The fourth-order valence-electron chi connectivity index (χ4n) is 2.25. The number of carbonyl (C=O) groups excluding carboxylic acids is 1. The van der Waals surface area contributed by atoms with E-state index in [-0.39, 0.29) is 12.6 Å². The van der Waals surface area contributed by atoms with Crippen LogP contribution in [0.1, 0.15) is 12.5 Å². The lowest BCUT2D eigenvalue weighted by atomic mass is 9.99. The van der Waals surface area contributed by atoms with E-state index < -0.39 is 5.60 Å². The first-order valence-corrected chi connectivity index (χ1v) is 8.38. The Bertz CT molecular complexity index is 781. The summed E-state index contributed by atoms with van der Waals surface area (Å²) in [5, 5.41) is 26.4. The van der Waals surface area contributed by atoms with Gasteiger partial charge in [0, 0.05) is 11.9 Å². The highest BCUT2D eigenvalue weighted by molar-refractivity contribution is 7.08. The highest BCUT2D eigenvalue weighted by atomic mass is 32.1. The number of benzene rings is 1. The van der Waals surface area contributed by atoms with Crippen LogP contribution in [0.2, 0.25) is 0 Å². The van der Waals surface area contributed by atoms with Gasteiger partial charge in [0.25, 0.3) is 0 Å². The molecule has 6 nitrogen and oxygen atoms in total. The molecule has 7 heteroatoms. The van der Waals surface area contributed by atoms with E-state index in [4.69, 9.17) is 0 Å². The summed E-state index contributed by atoms with van der Waals surface area (Å²) >= 11 is 1.51. The van der Waals surface area contributed by atoms with Gasteiger partial charge in [0.2, 0.25) is 0 Å². The van der Waals surface area contributed by atoms with Gasteiger partial charge in [-0.15, -0.1) is 0 Å². The Morgan fingerprint density at radius 1 is 1.29 bits per heavy atom. The molecular formula is C17H18N4O2S. The topological polar surface area (TPSA) is 90.0 Å². The molecule has 4 N–H and O–H groups in total. The van der Waals surface area contributed by atoms with Crippen LogP contribution in [0.4, 0.5) is 10.5 Å². The monoisotopic (exact) mass is 342 g/mol. The van der Waals surface area contributed by atoms with Crippen molar-refractivity contribution in [1.29, 1.82) is 0 Å². The zero-order valence-corrected chi connectivity index (χ0v) is 13.9. The van der Waals surface area contributed by atoms with Crippen molar-refractivity contribution in [3.05, 3.63) is 58.9 Å². The normalized spacial score (nSPS) is 13.2. The third-order valence-corrected chi connectivity index (χ3v) is 4.37. The Morgan fingerprint density at radius 3 is 2.71 bits per heavy atom. The molecule has 124 valence electrons. The second-order valence-electron chi connectivity index (χ2n) is 5.64. The number of hydrogen-bond acceptors (Lipinski definition) is 4. The second-order valence-corrected chi connectivity index (χ2v) is 6.42. The molecule has 0 saturated heterocycles. The molecule has 0 fully saturated rings. The summed E-state index contributed by atoms with van der Waals surface area (Å²) in [5.41, 5.74) is 2.27. The van der Waals surface area contributed by atoms with E-state index in [2.05, 4.69) is 20.8 Å². The Morgan fingerprint density at radius 2 is 2.08 bits per heavy atom. The minimum absolute atomic E-state index is 0.127. The van der Waals surface area contributed by atoms with Crippen LogP contribution in [0.25, 0.3) is 11.3 Å². The number of urea groups is 1. The first kappa shape index (κ1) is 16.2. The van der Waals surface area contributed by atoms with Crippen molar-refractivity contribution in [2.45, 2.75) is 12.5 Å². The molecule has 1 unspecified atom stereocenters. The number of H-pyrrole nitrogens is 1. The number of aromatic nitrogens is 2. The molecule has 0 spiro atoms. The molecule has 0 aliphatic heterocycles. The van der Waals surface area contributed by atoms with E-state index in [1.54, 1.807) is 13.1 Å². The lowest BCUT2D eigenvalue weighted by Crippen LogP contribution is -2.40. The van der Waals surface area contributed by atoms with Gasteiger partial charge in [-0.05, 0) is 53.1 Å². The maximum absolute atomic E-state index is 12.0. The Balaban J connectivity index is 1.55. The van der Waals surface area contributed by atoms with Crippen LogP contribution in [-0.2, 0) is 5.60 Å². The van der Waals surface area contributed by atoms with E-state index >= 15 is 0 Å². The van der Waals surface area contributed by atoms with E-state index in [9.17, 15) is 9.90 Å². The lowest BCUT2D eigenvalue weighted by molar-refractivity contribution is 0.0604. The molecule has 1 atom stereocenters. The highest BCUT2D eigenvalue weighted by Gasteiger charge is 2.24. The Labute approximate surface area is 143 Å². The number of rotatable bonds is 5. The zero-order chi connectivity index (χ0) is 17.0. The van der Waals surface area contributed by atoms with Crippen molar-refractivity contribution in [2.75, 3.05) is 11.9 Å². The molecule has 1 aromatic carbocycles. The first-order valence-electron chi connectivity index (χ1n) is 7.44. The third-order valence-electron chi connectivity index (χ3n) is 3.69. The van der Waals surface area contributed by atoms with Gasteiger partial charge in [0.05, 0.1) is 12.2 Å². The van der Waals surface area contributed by atoms with Crippen LogP contribution >= 0.6 is 11.3 Å². The molecule has 2 heterocycles. The average Bonchev–Trinajstić information content (AvgIpc) is 3.27. The number of thiophene rings is 1. The number of aromatic amines is 1. The summed E-state index contributed by atoms with van der Waals surface area (Å²) in [7, 11) is 0. The summed E-state index contributed by atoms with van der Waals surface area (Å²) in [4.78, 5) is 12.0. The molecule has 3 aromatic rings. The summed E-state index contributed by atoms with van der Waals surface area (Å²) in [6, 6.07) is 10.8. The molecular weight excluding hydrogens is 324 g/mol. The molecule has 0 saturated carbocycles. The molecule has 0 bridgehead atoms. The van der Waals surface area contributed by atoms with E-state index in [0.29, 0.717) is 5.69 Å². The predicted molar refractivity (Wildman–Crippen MR) is 94.9 cm³/mol. The van der Waals surface area contributed by atoms with Crippen LogP contribution in [0.3, 0.4) is 0 Å². The minimum atomic E-state index is -1.10. The quantitative estimate of drug-likeness (QED) is 0.574. The van der Waals surface area contributed by atoms with E-state index in [1.165, 1.54) is 11.3 Å². The number of amides is 2. The third kappa shape index (κ3) is 3.81. The second kappa shape index (κ2) is 6.86. The van der Waals surface area contributed by atoms with Gasteiger partial charge in [0.1, 0.15) is 5.60 Å². The fourth-order valence-corrected chi connectivity index (χ4v) is 3.03. The van der Waals surface area contributed by atoms with Crippen molar-refractivity contribution >= 4 is 23.1 Å². The zero-order valence-electron chi connectivity index (χ0n) is 13.1. The number of anilines is 1. The van der Waals surface area contributed by atoms with Crippen molar-refractivity contribution in [3.8, 4) is 11.3 Å². The Hall–Kier alpha value is -2.64. The van der Waals surface area contributed by atoms with Crippen LogP contribution in [0, 0.1) is 0 Å². The van der Waals surface area contributed by atoms with Crippen molar-refractivity contribution in [1.82, 2.24) is 15.5 Å². The summed E-state index contributed by atoms with van der Waals surface area (Å²) in [6.45, 7) is 1.80. The fraction of sp³-hybridized carbons (Fsp3) is 0.176. The van der Waals surface area contributed by atoms with Gasteiger partial charge in [-0.1, -0.05) is 12.1 Å². The van der Waals surface area contributed by atoms with Gasteiger partial charge in [-0.2, -0.15) is 16.4 Å². The molecule has 0 aliphatic rings. The standard InChI is InChI=1S/C17H18N4O2S/c1-17(23,13-7-9-24-10-13)11-18-16(22)20-14-4-2-12(3-5-14)15-6-8-19-21-15/h2-10,23H,11H2,1H3,(H,19,21)(H2,18,20,22). The van der Waals surface area contributed by atoms with Gasteiger partial charge >= 0.3 is 6.03 Å². The summed E-state index contributed by atoms with van der Waals surface area (Å²) in [5.74, 6) is 0. The number of nitrogens with zero attached hydrogens (tertiary/aromatic N) is 1. The van der Waals surface area contributed by atoms with Gasteiger partial charge < -0.3 is 15.7 Å². The SMILES string of the molecule is CC(O)(CNC(=O)Nc1ccc(-c2ccn[nH]2)cc1)c1ccsc1. The number of aliphatic hydroxyl groups is 1. The van der Waals surface area contributed by atoms with Crippen molar-refractivity contribution < 1.29 is 9.90 Å². The molecule has 0 aliphatic carbocycles. The maximum atomic E-state index is 12.0. The van der Waals surface area contributed by atoms with Crippen LogP contribution < -0.4 is 10.6 Å².